The fourth-order valence-electron chi connectivity index (χ4n) is 1.47. The van der Waals surface area contributed by atoms with E-state index in [0.29, 0.717) is 6.54 Å². The molecule has 0 fully saturated rings. The highest BCUT2D eigenvalue weighted by Crippen LogP contribution is 2.13. The molecule has 0 spiro atoms. The first-order chi connectivity index (χ1) is 8.33. The van der Waals surface area contributed by atoms with Crippen LogP contribution in [0.2, 0.25) is 0 Å². The topological polar surface area (TPSA) is 72.8 Å². The van der Waals surface area contributed by atoms with Gasteiger partial charge >= 0.3 is 0 Å². The minimum Gasteiger partial charge on any atom is -0.260 e. The number of fused-ring (bicyclic) bond motifs is 1. The van der Waals surface area contributed by atoms with Crippen molar-refractivity contribution in [3.63, 3.8) is 0 Å². The molecule has 0 N–H and O–H groups in total. The number of hydrogen-bond donors (Lipinski definition) is 0. The molecule has 0 unspecified atom stereocenters. The molecule has 17 heavy (non-hydrogen) atoms. The van der Waals surface area contributed by atoms with E-state index in [1.165, 1.54) is 0 Å². The van der Waals surface area contributed by atoms with E-state index >= 15 is 0 Å². The van der Waals surface area contributed by atoms with Gasteiger partial charge in [-0.05, 0) is 17.7 Å². The van der Waals surface area contributed by atoms with Gasteiger partial charge in [0, 0.05) is 11.6 Å². The molecule has 1 heterocycles. The van der Waals surface area contributed by atoms with Gasteiger partial charge in [0.25, 0.3) is 0 Å². The Balaban J connectivity index is 2.30. The van der Waals surface area contributed by atoms with Gasteiger partial charge < -0.3 is 0 Å². The molecular formula is C13H8N4. The lowest BCUT2D eigenvalue weighted by Crippen LogP contribution is -1.91. The number of benzene rings is 1. The summed E-state index contributed by atoms with van der Waals surface area (Å²) in [4.78, 5) is 8.17. The standard InChI is InChI=1S/C13H8N4/c14-6-12(7-15)16-8-10-5-11-3-1-2-4-13(11)17-9-10/h1-5,9H,8H2. The number of rotatable bonds is 2. The molecule has 4 heteroatoms. The van der Waals surface area contributed by atoms with Crippen molar-refractivity contribution in [2.24, 2.45) is 4.99 Å². The van der Waals surface area contributed by atoms with E-state index < -0.39 is 0 Å². The van der Waals surface area contributed by atoms with Crippen molar-refractivity contribution in [2.75, 3.05) is 0 Å². The van der Waals surface area contributed by atoms with Crippen LogP contribution in [0.3, 0.4) is 0 Å². The fraction of sp³-hybridized carbons (Fsp3) is 0.0769. The van der Waals surface area contributed by atoms with E-state index in [0.717, 1.165) is 16.5 Å². The molecule has 1 aromatic carbocycles. The normalized spacial score (nSPS) is 9.29. The maximum Gasteiger partial charge on any atom is 0.213 e. The molecule has 2 rings (SSSR count). The second kappa shape index (κ2) is 4.87. The van der Waals surface area contributed by atoms with Gasteiger partial charge in [-0.3, -0.25) is 9.98 Å². The van der Waals surface area contributed by atoms with E-state index in [1.54, 1.807) is 18.3 Å². The van der Waals surface area contributed by atoms with Crippen LogP contribution in [-0.4, -0.2) is 10.7 Å². The Morgan fingerprint density at radius 1 is 1.24 bits per heavy atom. The van der Waals surface area contributed by atoms with Crippen molar-refractivity contribution in [3.8, 4) is 12.1 Å². The smallest absolute Gasteiger partial charge is 0.213 e. The summed E-state index contributed by atoms with van der Waals surface area (Å²) in [6.07, 6.45) is 1.71. The molecule has 0 aliphatic carbocycles. The van der Waals surface area contributed by atoms with Gasteiger partial charge in [0.05, 0.1) is 12.1 Å². The molecule has 4 nitrogen and oxygen atoms in total. The highest BCUT2D eigenvalue weighted by molar-refractivity contribution is 6.10. The Kier molecular flexibility index (Phi) is 3.09. The van der Waals surface area contributed by atoms with Crippen LogP contribution in [0.1, 0.15) is 5.56 Å². The van der Waals surface area contributed by atoms with Crippen LogP contribution in [-0.2, 0) is 6.54 Å². The summed E-state index contributed by atoms with van der Waals surface area (Å²) in [6.45, 7) is 0.300. The van der Waals surface area contributed by atoms with E-state index in [9.17, 15) is 0 Å². The van der Waals surface area contributed by atoms with Crippen molar-refractivity contribution >= 4 is 16.6 Å². The van der Waals surface area contributed by atoms with Crippen LogP contribution in [0.25, 0.3) is 10.9 Å². The summed E-state index contributed by atoms with van der Waals surface area (Å²) in [6, 6.07) is 13.2. The first kappa shape index (κ1) is 10.8. The Bertz CT molecular complexity index is 643. The second-order valence-corrected chi connectivity index (χ2v) is 3.42. The number of nitrogens with zero attached hydrogens (tertiary/aromatic N) is 4. The third kappa shape index (κ3) is 2.45. The van der Waals surface area contributed by atoms with Gasteiger partial charge in [-0.2, -0.15) is 10.5 Å². The minimum absolute atomic E-state index is 0.113. The SMILES string of the molecule is N#CC(C#N)=NCc1cnc2ccccc2c1. The number of pyridine rings is 1. The Hall–Kier alpha value is -2.72. The fourth-order valence-corrected chi connectivity index (χ4v) is 1.47. The molecule has 0 saturated heterocycles. The van der Waals surface area contributed by atoms with Crippen LogP contribution in [0.4, 0.5) is 0 Å². The van der Waals surface area contributed by atoms with E-state index in [-0.39, 0.29) is 5.71 Å². The third-order valence-corrected chi connectivity index (χ3v) is 2.28. The predicted octanol–water partition coefficient (Wildman–Crippen LogP) is 2.22. The second-order valence-electron chi connectivity index (χ2n) is 3.42. The van der Waals surface area contributed by atoms with Gasteiger partial charge in [-0.1, -0.05) is 18.2 Å². The highest BCUT2D eigenvalue weighted by Gasteiger charge is 1.98. The number of aromatic nitrogens is 1. The zero-order chi connectivity index (χ0) is 12.1. The summed E-state index contributed by atoms with van der Waals surface area (Å²) in [5.41, 5.74) is 1.69. The van der Waals surface area contributed by atoms with E-state index in [2.05, 4.69) is 9.98 Å². The number of aliphatic imine (C=N–C) groups is 1. The molecule has 0 bridgehead atoms. The Morgan fingerprint density at radius 2 is 2.00 bits per heavy atom. The zero-order valence-electron chi connectivity index (χ0n) is 8.96. The quantitative estimate of drug-likeness (QED) is 0.728. The average molecular weight is 220 g/mol. The van der Waals surface area contributed by atoms with Gasteiger partial charge in [0.2, 0.25) is 5.71 Å². The summed E-state index contributed by atoms with van der Waals surface area (Å²) >= 11 is 0. The minimum atomic E-state index is -0.113. The number of nitriles is 2. The van der Waals surface area contributed by atoms with Crippen LogP contribution >= 0.6 is 0 Å². The maximum absolute atomic E-state index is 8.56. The largest absolute Gasteiger partial charge is 0.260 e. The first-order valence-corrected chi connectivity index (χ1v) is 5.02. The van der Waals surface area contributed by atoms with Crippen molar-refractivity contribution in [2.45, 2.75) is 6.54 Å². The lowest BCUT2D eigenvalue weighted by Gasteiger charge is -1.99. The molecule has 0 amide bonds. The predicted molar refractivity (Wildman–Crippen MR) is 64.1 cm³/mol. The molecule has 2 aromatic rings. The molecule has 1 aromatic heterocycles. The molecule has 0 aliphatic rings. The molecular weight excluding hydrogens is 212 g/mol. The lowest BCUT2D eigenvalue weighted by atomic mass is 10.1. The van der Waals surface area contributed by atoms with E-state index in [4.69, 9.17) is 10.5 Å². The van der Waals surface area contributed by atoms with Crippen LogP contribution < -0.4 is 0 Å². The van der Waals surface area contributed by atoms with Crippen molar-refractivity contribution in [1.29, 1.82) is 10.5 Å². The van der Waals surface area contributed by atoms with Crippen molar-refractivity contribution in [1.82, 2.24) is 4.98 Å². The van der Waals surface area contributed by atoms with Gasteiger partial charge in [0.1, 0.15) is 12.1 Å². The van der Waals surface area contributed by atoms with Crippen LogP contribution in [0.15, 0.2) is 41.5 Å². The third-order valence-electron chi connectivity index (χ3n) is 2.28. The summed E-state index contributed by atoms with van der Waals surface area (Å²) in [5.74, 6) is 0. The van der Waals surface area contributed by atoms with Gasteiger partial charge in [-0.15, -0.1) is 0 Å². The van der Waals surface area contributed by atoms with Crippen molar-refractivity contribution < 1.29 is 0 Å². The molecule has 80 valence electrons. The monoisotopic (exact) mass is 220 g/mol. The summed E-state index contributed by atoms with van der Waals surface area (Å²) in [5, 5.41) is 18.1. The summed E-state index contributed by atoms with van der Waals surface area (Å²) in [7, 11) is 0. The highest BCUT2D eigenvalue weighted by atomic mass is 14.7. The summed E-state index contributed by atoms with van der Waals surface area (Å²) < 4.78 is 0. The molecule has 0 saturated carbocycles. The van der Waals surface area contributed by atoms with Crippen LogP contribution in [0.5, 0.6) is 0 Å². The van der Waals surface area contributed by atoms with Crippen molar-refractivity contribution in [3.05, 3.63) is 42.1 Å². The first-order valence-electron chi connectivity index (χ1n) is 5.02. The van der Waals surface area contributed by atoms with E-state index in [1.807, 2.05) is 30.3 Å². The number of para-hydroxylation sites is 1. The lowest BCUT2D eigenvalue weighted by molar-refractivity contribution is 1.06. The van der Waals surface area contributed by atoms with Gasteiger partial charge in [0.15, 0.2) is 0 Å². The molecule has 0 radical (unpaired) electrons. The van der Waals surface area contributed by atoms with Crippen LogP contribution in [0, 0.1) is 22.7 Å². The zero-order valence-corrected chi connectivity index (χ0v) is 8.96. The molecule has 0 atom stereocenters. The average Bonchev–Trinajstić information content (AvgIpc) is 2.40. The molecule has 0 aliphatic heterocycles. The number of hydrogen-bond acceptors (Lipinski definition) is 4. The van der Waals surface area contributed by atoms with Gasteiger partial charge in [-0.25, -0.2) is 0 Å². The Labute approximate surface area is 98.5 Å². The maximum atomic E-state index is 8.56. The Morgan fingerprint density at radius 3 is 2.76 bits per heavy atom.